The van der Waals surface area contributed by atoms with Crippen molar-refractivity contribution in [2.45, 2.75) is 19.8 Å². The lowest BCUT2D eigenvalue weighted by Gasteiger charge is -2.09. The number of benzene rings is 1. The SMILES string of the molecule is CCCC(=O)Nc1ccc(Nc2ccc(OC)c(Cl)c2)nc1. The molecule has 0 saturated carbocycles. The number of amides is 1. The Morgan fingerprint density at radius 3 is 2.64 bits per heavy atom. The van der Waals surface area contributed by atoms with E-state index >= 15 is 0 Å². The van der Waals surface area contributed by atoms with Crippen LogP contribution in [0.25, 0.3) is 0 Å². The van der Waals surface area contributed by atoms with Crippen LogP contribution >= 0.6 is 11.6 Å². The zero-order valence-electron chi connectivity index (χ0n) is 12.5. The molecule has 0 aliphatic carbocycles. The second-order valence-electron chi connectivity index (χ2n) is 4.70. The predicted octanol–water partition coefficient (Wildman–Crippen LogP) is 4.23. The van der Waals surface area contributed by atoms with Crippen LogP contribution in [0.4, 0.5) is 17.2 Å². The molecular formula is C16H18ClN3O2. The average Bonchev–Trinajstić information content (AvgIpc) is 2.50. The number of ether oxygens (including phenoxy) is 1. The summed E-state index contributed by atoms with van der Waals surface area (Å²) < 4.78 is 5.11. The number of aromatic nitrogens is 1. The zero-order valence-corrected chi connectivity index (χ0v) is 13.3. The minimum Gasteiger partial charge on any atom is -0.495 e. The van der Waals surface area contributed by atoms with E-state index in [1.807, 2.05) is 13.0 Å². The summed E-state index contributed by atoms with van der Waals surface area (Å²) in [6.07, 6.45) is 2.93. The van der Waals surface area contributed by atoms with Crippen molar-refractivity contribution in [1.29, 1.82) is 0 Å². The molecule has 0 aliphatic heterocycles. The number of hydrogen-bond acceptors (Lipinski definition) is 4. The molecule has 1 heterocycles. The van der Waals surface area contributed by atoms with E-state index in [-0.39, 0.29) is 5.91 Å². The van der Waals surface area contributed by atoms with Crippen molar-refractivity contribution in [3.63, 3.8) is 0 Å². The Morgan fingerprint density at radius 2 is 2.05 bits per heavy atom. The Labute approximate surface area is 134 Å². The van der Waals surface area contributed by atoms with Gasteiger partial charge in [-0.05, 0) is 36.8 Å². The first kappa shape index (κ1) is 16.1. The molecule has 5 nitrogen and oxygen atoms in total. The quantitative estimate of drug-likeness (QED) is 0.836. The van der Waals surface area contributed by atoms with Gasteiger partial charge < -0.3 is 15.4 Å². The highest BCUT2D eigenvalue weighted by molar-refractivity contribution is 6.32. The number of nitrogens with zero attached hydrogens (tertiary/aromatic N) is 1. The third-order valence-corrected chi connectivity index (χ3v) is 3.24. The normalized spacial score (nSPS) is 10.1. The van der Waals surface area contributed by atoms with Gasteiger partial charge in [-0.2, -0.15) is 0 Å². The first-order valence-electron chi connectivity index (χ1n) is 6.99. The van der Waals surface area contributed by atoms with Gasteiger partial charge in [-0.3, -0.25) is 4.79 Å². The van der Waals surface area contributed by atoms with Gasteiger partial charge in [0.05, 0.1) is 24.0 Å². The number of halogens is 1. The number of anilines is 3. The van der Waals surface area contributed by atoms with Crippen molar-refractivity contribution >= 4 is 34.7 Å². The van der Waals surface area contributed by atoms with Gasteiger partial charge in [0, 0.05) is 12.1 Å². The van der Waals surface area contributed by atoms with E-state index in [2.05, 4.69) is 15.6 Å². The van der Waals surface area contributed by atoms with E-state index < -0.39 is 0 Å². The maximum Gasteiger partial charge on any atom is 0.224 e. The Kier molecular flexibility index (Phi) is 5.61. The minimum atomic E-state index is -0.00746. The van der Waals surface area contributed by atoms with Gasteiger partial charge in [-0.25, -0.2) is 4.98 Å². The largest absolute Gasteiger partial charge is 0.495 e. The van der Waals surface area contributed by atoms with Gasteiger partial charge in [0.2, 0.25) is 5.91 Å². The van der Waals surface area contributed by atoms with Crippen LogP contribution in [0.3, 0.4) is 0 Å². The smallest absolute Gasteiger partial charge is 0.224 e. The van der Waals surface area contributed by atoms with Crippen LogP contribution in [-0.2, 0) is 4.79 Å². The van der Waals surface area contributed by atoms with Crippen LogP contribution in [0.15, 0.2) is 36.5 Å². The fraction of sp³-hybridized carbons (Fsp3) is 0.250. The summed E-state index contributed by atoms with van der Waals surface area (Å²) in [6.45, 7) is 1.96. The van der Waals surface area contributed by atoms with Crippen LogP contribution in [-0.4, -0.2) is 18.0 Å². The lowest BCUT2D eigenvalue weighted by atomic mass is 10.3. The van der Waals surface area contributed by atoms with Crippen molar-refractivity contribution in [2.75, 3.05) is 17.7 Å². The maximum absolute atomic E-state index is 11.5. The summed E-state index contributed by atoms with van der Waals surface area (Å²) in [7, 11) is 1.57. The first-order chi connectivity index (χ1) is 10.6. The number of nitrogens with one attached hydrogen (secondary N) is 2. The molecule has 0 bridgehead atoms. The minimum absolute atomic E-state index is 0.00746. The summed E-state index contributed by atoms with van der Waals surface area (Å²) in [5, 5.41) is 6.45. The van der Waals surface area contributed by atoms with E-state index in [0.29, 0.717) is 28.7 Å². The van der Waals surface area contributed by atoms with Gasteiger partial charge >= 0.3 is 0 Å². The monoisotopic (exact) mass is 319 g/mol. The van der Waals surface area contributed by atoms with Crippen LogP contribution in [0, 0.1) is 0 Å². The van der Waals surface area contributed by atoms with Gasteiger partial charge in [0.25, 0.3) is 0 Å². The third kappa shape index (κ3) is 4.36. The molecule has 0 saturated heterocycles. The second-order valence-corrected chi connectivity index (χ2v) is 5.11. The highest BCUT2D eigenvalue weighted by Gasteiger charge is 2.04. The van der Waals surface area contributed by atoms with Crippen molar-refractivity contribution in [3.05, 3.63) is 41.6 Å². The second kappa shape index (κ2) is 7.66. The molecule has 22 heavy (non-hydrogen) atoms. The van der Waals surface area contributed by atoms with Crippen molar-refractivity contribution in [2.24, 2.45) is 0 Å². The van der Waals surface area contributed by atoms with E-state index in [1.54, 1.807) is 37.6 Å². The molecule has 0 spiro atoms. The van der Waals surface area contributed by atoms with E-state index in [4.69, 9.17) is 16.3 Å². The fourth-order valence-electron chi connectivity index (χ4n) is 1.88. The molecule has 2 aromatic rings. The topological polar surface area (TPSA) is 63.2 Å². The van der Waals surface area contributed by atoms with Crippen LogP contribution in [0.5, 0.6) is 5.75 Å². The molecule has 2 rings (SSSR count). The van der Waals surface area contributed by atoms with E-state index in [0.717, 1.165) is 12.1 Å². The molecule has 116 valence electrons. The zero-order chi connectivity index (χ0) is 15.9. The lowest BCUT2D eigenvalue weighted by molar-refractivity contribution is -0.116. The van der Waals surface area contributed by atoms with Crippen molar-refractivity contribution < 1.29 is 9.53 Å². The maximum atomic E-state index is 11.5. The Hall–Kier alpha value is -2.27. The number of methoxy groups -OCH3 is 1. The Morgan fingerprint density at radius 1 is 1.27 bits per heavy atom. The Bertz CT molecular complexity index is 644. The summed E-state index contributed by atoms with van der Waals surface area (Å²) in [4.78, 5) is 15.8. The molecular weight excluding hydrogens is 302 g/mol. The standard InChI is InChI=1S/C16H18ClN3O2/c1-3-4-16(21)20-12-6-8-15(18-10-12)19-11-5-7-14(22-2)13(17)9-11/h5-10H,3-4H2,1-2H3,(H,18,19)(H,20,21). The van der Waals surface area contributed by atoms with Gasteiger partial charge in [0.15, 0.2) is 0 Å². The highest BCUT2D eigenvalue weighted by atomic mass is 35.5. The summed E-state index contributed by atoms with van der Waals surface area (Å²) in [6, 6.07) is 8.99. The number of pyridine rings is 1. The van der Waals surface area contributed by atoms with Gasteiger partial charge in [-0.15, -0.1) is 0 Å². The lowest BCUT2D eigenvalue weighted by Crippen LogP contribution is -2.10. The number of hydrogen-bond donors (Lipinski definition) is 2. The van der Waals surface area contributed by atoms with E-state index in [9.17, 15) is 4.79 Å². The first-order valence-corrected chi connectivity index (χ1v) is 7.36. The molecule has 0 fully saturated rings. The number of carbonyl (C=O) groups is 1. The number of rotatable bonds is 6. The highest BCUT2D eigenvalue weighted by Crippen LogP contribution is 2.28. The average molecular weight is 320 g/mol. The molecule has 6 heteroatoms. The molecule has 1 amide bonds. The fourth-order valence-corrected chi connectivity index (χ4v) is 2.14. The molecule has 0 atom stereocenters. The predicted molar refractivity (Wildman–Crippen MR) is 89.1 cm³/mol. The van der Waals surface area contributed by atoms with Crippen LogP contribution < -0.4 is 15.4 Å². The molecule has 1 aromatic carbocycles. The van der Waals surface area contributed by atoms with Gasteiger partial charge in [0.1, 0.15) is 11.6 Å². The number of carbonyl (C=O) groups excluding carboxylic acids is 1. The molecule has 0 radical (unpaired) electrons. The molecule has 2 N–H and O–H groups in total. The Balaban J connectivity index is 2.02. The van der Waals surface area contributed by atoms with Crippen LogP contribution in [0.2, 0.25) is 5.02 Å². The molecule has 0 unspecified atom stereocenters. The molecule has 0 aliphatic rings. The van der Waals surface area contributed by atoms with Crippen molar-refractivity contribution in [1.82, 2.24) is 4.98 Å². The van der Waals surface area contributed by atoms with E-state index in [1.165, 1.54) is 0 Å². The third-order valence-electron chi connectivity index (χ3n) is 2.95. The van der Waals surface area contributed by atoms with Crippen LogP contribution in [0.1, 0.15) is 19.8 Å². The summed E-state index contributed by atoms with van der Waals surface area (Å²) in [5.74, 6) is 1.27. The summed E-state index contributed by atoms with van der Waals surface area (Å²) in [5.41, 5.74) is 1.48. The summed E-state index contributed by atoms with van der Waals surface area (Å²) >= 11 is 6.08. The molecule has 1 aromatic heterocycles. The van der Waals surface area contributed by atoms with Gasteiger partial charge in [-0.1, -0.05) is 18.5 Å². The van der Waals surface area contributed by atoms with Crippen molar-refractivity contribution in [3.8, 4) is 5.75 Å².